The van der Waals surface area contributed by atoms with E-state index in [0.29, 0.717) is 0 Å². The summed E-state index contributed by atoms with van der Waals surface area (Å²) in [6.45, 7) is 0. The lowest BCUT2D eigenvalue weighted by molar-refractivity contribution is -0.384. The molecule has 0 radical (unpaired) electrons. The highest BCUT2D eigenvalue weighted by atomic mass is 79.9. The fourth-order valence-corrected chi connectivity index (χ4v) is 1.44. The highest BCUT2D eigenvalue weighted by molar-refractivity contribution is 9.10. The molecule has 1 rings (SSSR count). The van der Waals surface area contributed by atoms with E-state index in [2.05, 4.69) is 20.7 Å². The van der Waals surface area contributed by atoms with E-state index in [1.54, 1.807) is 0 Å². The Hall–Kier alpha value is -1.63. The molecular weight excluding hydrogens is 268 g/mol. The van der Waals surface area contributed by atoms with Gasteiger partial charge in [0.2, 0.25) is 0 Å². The zero-order valence-electron chi connectivity index (χ0n) is 7.69. The van der Waals surface area contributed by atoms with Gasteiger partial charge in [0.15, 0.2) is 0 Å². The first-order valence-electron chi connectivity index (χ1n) is 3.79. The molecule has 1 aromatic carbocycles. The van der Waals surface area contributed by atoms with Crippen molar-refractivity contribution in [3.63, 3.8) is 0 Å². The molecular formula is C8H7BrN2O4. The van der Waals surface area contributed by atoms with Crippen LogP contribution in [0.15, 0.2) is 16.6 Å². The molecule has 7 heteroatoms. The molecule has 80 valence electrons. The van der Waals surface area contributed by atoms with E-state index in [1.165, 1.54) is 13.2 Å². The highest BCUT2D eigenvalue weighted by Crippen LogP contribution is 2.29. The third kappa shape index (κ3) is 2.24. The zero-order chi connectivity index (χ0) is 11.6. The number of hydrogen-bond acceptors (Lipinski definition) is 5. The summed E-state index contributed by atoms with van der Waals surface area (Å²) in [7, 11) is 1.18. The van der Waals surface area contributed by atoms with Gasteiger partial charge in [0.05, 0.1) is 23.3 Å². The van der Waals surface area contributed by atoms with E-state index in [-0.39, 0.29) is 21.4 Å². The number of carbonyl (C=O) groups excluding carboxylic acids is 1. The van der Waals surface area contributed by atoms with Crippen molar-refractivity contribution >= 4 is 33.3 Å². The summed E-state index contributed by atoms with van der Waals surface area (Å²) in [6.07, 6.45) is 0. The van der Waals surface area contributed by atoms with Crippen LogP contribution in [-0.2, 0) is 4.74 Å². The van der Waals surface area contributed by atoms with Crippen molar-refractivity contribution in [1.82, 2.24) is 0 Å². The zero-order valence-corrected chi connectivity index (χ0v) is 9.28. The quantitative estimate of drug-likeness (QED) is 0.383. The number of nitrogen functional groups attached to an aromatic ring is 1. The van der Waals surface area contributed by atoms with Crippen LogP contribution in [0.4, 0.5) is 11.4 Å². The van der Waals surface area contributed by atoms with Crippen LogP contribution < -0.4 is 5.73 Å². The van der Waals surface area contributed by atoms with Gasteiger partial charge in [-0.05, 0) is 15.9 Å². The van der Waals surface area contributed by atoms with Crippen LogP contribution in [0.2, 0.25) is 0 Å². The Bertz CT molecular complexity index is 433. The van der Waals surface area contributed by atoms with Crippen molar-refractivity contribution in [3.8, 4) is 0 Å². The van der Waals surface area contributed by atoms with Crippen molar-refractivity contribution in [2.45, 2.75) is 0 Å². The summed E-state index contributed by atoms with van der Waals surface area (Å²) in [6, 6.07) is 2.30. The minimum atomic E-state index is -0.711. The average Bonchev–Trinajstić information content (AvgIpc) is 2.20. The normalized spacial score (nSPS) is 9.73. The molecule has 0 unspecified atom stereocenters. The molecule has 0 fully saturated rings. The number of hydrogen-bond donors (Lipinski definition) is 1. The van der Waals surface area contributed by atoms with Crippen LogP contribution in [-0.4, -0.2) is 18.0 Å². The second-order valence-corrected chi connectivity index (χ2v) is 3.49. The first kappa shape index (κ1) is 11.4. The van der Waals surface area contributed by atoms with E-state index < -0.39 is 10.9 Å². The van der Waals surface area contributed by atoms with Gasteiger partial charge >= 0.3 is 5.97 Å². The van der Waals surface area contributed by atoms with Gasteiger partial charge in [-0.15, -0.1) is 0 Å². The van der Waals surface area contributed by atoms with Crippen molar-refractivity contribution < 1.29 is 14.5 Å². The molecule has 15 heavy (non-hydrogen) atoms. The van der Waals surface area contributed by atoms with Gasteiger partial charge in [-0.25, -0.2) is 4.79 Å². The maximum Gasteiger partial charge on any atom is 0.340 e. The summed E-state index contributed by atoms with van der Waals surface area (Å²) >= 11 is 3.03. The Balaban J connectivity index is 3.37. The molecule has 0 aliphatic heterocycles. The lowest BCUT2D eigenvalue weighted by Crippen LogP contribution is -2.07. The Morgan fingerprint density at radius 1 is 1.60 bits per heavy atom. The van der Waals surface area contributed by atoms with Gasteiger partial charge in [0.25, 0.3) is 5.69 Å². The van der Waals surface area contributed by atoms with E-state index >= 15 is 0 Å². The van der Waals surface area contributed by atoms with E-state index in [0.717, 1.165) is 6.07 Å². The Morgan fingerprint density at radius 3 is 2.67 bits per heavy atom. The fraction of sp³-hybridized carbons (Fsp3) is 0.125. The van der Waals surface area contributed by atoms with Crippen molar-refractivity contribution in [1.29, 1.82) is 0 Å². The number of benzene rings is 1. The molecule has 0 aliphatic carbocycles. The minimum absolute atomic E-state index is 0.0291. The molecule has 0 aromatic heterocycles. The molecule has 0 saturated heterocycles. The van der Waals surface area contributed by atoms with Crippen LogP contribution in [0.25, 0.3) is 0 Å². The number of rotatable bonds is 2. The minimum Gasteiger partial charge on any atom is -0.465 e. The van der Waals surface area contributed by atoms with E-state index in [9.17, 15) is 14.9 Å². The molecule has 1 aromatic rings. The van der Waals surface area contributed by atoms with Crippen LogP contribution in [0.3, 0.4) is 0 Å². The van der Waals surface area contributed by atoms with E-state index in [4.69, 9.17) is 5.73 Å². The number of nitro benzene ring substituents is 1. The Labute approximate surface area is 93.3 Å². The maximum absolute atomic E-state index is 11.2. The topological polar surface area (TPSA) is 95.5 Å². The second kappa shape index (κ2) is 4.26. The molecule has 0 spiro atoms. The largest absolute Gasteiger partial charge is 0.465 e. The number of anilines is 1. The monoisotopic (exact) mass is 274 g/mol. The van der Waals surface area contributed by atoms with Crippen LogP contribution in [0.1, 0.15) is 10.4 Å². The maximum atomic E-state index is 11.2. The number of halogens is 1. The van der Waals surface area contributed by atoms with Gasteiger partial charge in [0, 0.05) is 16.6 Å². The molecule has 2 N–H and O–H groups in total. The van der Waals surface area contributed by atoms with Gasteiger partial charge in [-0.1, -0.05) is 0 Å². The van der Waals surface area contributed by atoms with Crippen LogP contribution >= 0.6 is 15.9 Å². The summed E-state index contributed by atoms with van der Waals surface area (Å²) in [5.41, 5.74) is 5.42. The SMILES string of the molecule is COC(=O)c1cc([N+](=O)[O-])cc(Br)c1N. The number of methoxy groups -OCH3 is 1. The second-order valence-electron chi connectivity index (χ2n) is 2.64. The lowest BCUT2D eigenvalue weighted by atomic mass is 10.1. The van der Waals surface area contributed by atoms with Crippen molar-refractivity contribution in [3.05, 3.63) is 32.3 Å². The van der Waals surface area contributed by atoms with Gasteiger partial charge in [0.1, 0.15) is 0 Å². The first-order valence-corrected chi connectivity index (χ1v) is 4.58. The summed E-state index contributed by atoms with van der Waals surface area (Å²) in [4.78, 5) is 21.1. The van der Waals surface area contributed by atoms with Gasteiger partial charge in [-0.3, -0.25) is 10.1 Å². The average molecular weight is 275 g/mol. The van der Waals surface area contributed by atoms with Gasteiger partial charge in [-0.2, -0.15) is 0 Å². The standard InChI is InChI=1S/C8H7BrN2O4/c1-15-8(12)5-2-4(11(13)14)3-6(9)7(5)10/h2-3H,10H2,1H3. The molecule has 0 saturated carbocycles. The smallest absolute Gasteiger partial charge is 0.340 e. The van der Waals surface area contributed by atoms with Crippen molar-refractivity contribution in [2.24, 2.45) is 0 Å². The van der Waals surface area contributed by atoms with Crippen LogP contribution in [0.5, 0.6) is 0 Å². The highest BCUT2D eigenvalue weighted by Gasteiger charge is 2.18. The number of non-ortho nitro benzene ring substituents is 1. The molecule has 0 aliphatic rings. The summed E-state index contributed by atoms with van der Waals surface area (Å²) in [5, 5.41) is 10.5. The number of esters is 1. The molecule has 0 atom stereocenters. The third-order valence-electron chi connectivity index (χ3n) is 1.73. The molecule has 0 bridgehead atoms. The fourth-order valence-electron chi connectivity index (χ4n) is 0.988. The molecule has 0 heterocycles. The predicted octanol–water partition coefficient (Wildman–Crippen LogP) is 1.73. The number of nitrogens with zero attached hydrogens (tertiary/aromatic N) is 1. The Morgan fingerprint density at radius 2 is 2.20 bits per heavy atom. The number of nitrogens with two attached hydrogens (primary N) is 1. The summed E-state index contributed by atoms with van der Waals surface area (Å²) < 4.78 is 4.73. The molecule has 0 amide bonds. The predicted molar refractivity (Wildman–Crippen MR) is 56.5 cm³/mol. The third-order valence-corrected chi connectivity index (χ3v) is 2.39. The van der Waals surface area contributed by atoms with E-state index in [1.807, 2.05) is 0 Å². The number of ether oxygens (including phenoxy) is 1. The number of nitro groups is 1. The first-order chi connectivity index (χ1) is 6.97. The number of carbonyl (C=O) groups is 1. The molecule has 6 nitrogen and oxygen atoms in total. The van der Waals surface area contributed by atoms with Gasteiger partial charge < -0.3 is 10.5 Å². The lowest BCUT2D eigenvalue weighted by Gasteiger charge is -2.05. The Kier molecular flexibility index (Phi) is 3.25. The summed E-state index contributed by atoms with van der Waals surface area (Å²) in [5.74, 6) is -0.711. The van der Waals surface area contributed by atoms with Crippen molar-refractivity contribution in [2.75, 3.05) is 12.8 Å². The van der Waals surface area contributed by atoms with Crippen LogP contribution in [0, 0.1) is 10.1 Å².